The lowest BCUT2D eigenvalue weighted by Crippen LogP contribution is -2.35. The second kappa shape index (κ2) is 5.82. The van der Waals surface area contributed by atoms with Crippen molar-refractivity contribution in [3.05, 3.63) is 21.9 Å². The topological polar surface area (TPSA) is 20.3 Å². The number of amides is 1. The number of hydrogen-bond donors (Lipinski definition) is 0. The van der Waals surface area contributed by atoms with E-state index in [-0.39, 0.29) is 0 Å². The maximum Gasteiger partial charge on any atom is 0.222 e. The van der Waals surface area contributed by atoms with Crippen molar-refractivity contribution in [3.8, 4) is 0 Å². The summed E-state index contributed by atoms with van der Waals surface area (Å²) in [6.07, 6.45) is 3.82. The molecule has 1 aliphatic rings. The summed E-state index contributed by atoms with van der Waals surface area (Å²) in [7, 11) is 0. The van der Waals surface area contributed by atoms with Gasteiger partial charge in [-0.25, -0.2) is 0 Å². The van der Waals surface area contributed by atoms with E-state index < -0.39 is 0 Å². The number of alkyl halides is 1. The van der Waals surface area contributed by atoms with Crippen molar-refractivity contribution < 1.29 is 4.79 Å². The smallest absolute Gasteiger partial charge is 0.222 e. The van der Waals surface area contributed by atoms with Crippen molar-refractivity contribution in [1.82, 2.24) is 4.90 Å². The van der Waals surface area contributed by atoms with Gasteiger partial charge in [0.15, 0.2) is 0 Å². The molecule has 1 amide bonds. The lowest BCUT2D eigenvalue weighted by atomic mass is 10.1. The standard InChI is InChI=1S/C12H16BrNOS/c13-6-2-1-3-12(15)14-7-4-11-10(9-14)5-8-16-11/h5,8H,1-4,6-7,9H2. The van der Waals surface area contributed by atoms with Gasteiger partial charge in [0.05, 0.1) is 0 Å². The Labute approximate surface area is 109 Å². The number of fused-ring (bicyclic) bond motifs is 1. The van der Waals surface area contributed by atoms with Crippen molar-refractivity contribution in [2.45, 2.75) is 32.2 Å². The minimum absolute atomic E-state index is 0.317. The van der Waals surface area contributed by atoms with Crippen molar-refractivity contribution in [2.75, 3.05) is 11.9 Å². The molecule has 0 bridgehead atoms. The summed E-state index contributed by atoms with van der Waals surface area (Å²) < 4.78 is 0. The zero-order chi connectivity index (χ0) is 11.4. The normalized spacial score (nSPS) is 14.9. The minimum Gasteiger partial charge on any atom is -0.338 e. The van der Waals surface area contributed by atoms with Crippen LogP contribution in [0, 0.1) is 0 Å². The van der Waals surface area contributed by atoms with Gasteiger partial charge in [-0.2, -0.15) is 0 Å². The summed E-state index contributed by atoms with van der Waals surface area (Å²) in [4.78, 5) is 15.4. The number of unbranched alkanes of at least 4 members (excludes halogenated alkanes) is 1. The Balaban J connectivity index is 1.86. The highest BCUT2D eigenvalue weighted by Crippen LogP contribution is 2.24. The summed E-state index contributed by atoms with van der Waals surface area (Å²) in [6, 6.07) is 2.15. The van der Waals surface area contributed by atoms with Crippen molar-refractivity contribution in [3.63, 3.8) is 0 Å². The maximum atomic E-state index is 11.9. The average Bonchev–Trinajstić information content (AvgIpc) is 2.76. The average molecular weight is 302 g/mol. The molecule has 1 aromatic rings. The van der Waals surface area contributed by atoms with Crippen LogP contribution in [0.25, 0.3) is 0 Å². The van der Waals surface area contributed by atoms with Gasteiger partial charge in [-0.1, -0.05) is 15.9 Å². The van der Waals surface area contributed by atoms with Gasteiger partial charge in [0, 0.05) is 29.7 Å². The van der Waals surface area contributed by atoms with E-state index in [1.54, 1.807) is 0 Å². The maximum absolute atomic E-state index is 11.9. The molecule has 0 aliphatic carbocycles. The monoisotopic (exact) mass is 301 g/mol. The van der Waals surface area contributed by atoms with Gasteiger partial charge in [0.25, 0.3) is 0 Å². The van der Waals surface area contributed by atoms with Crippen molar-refractivity contribution in [2.24, 2.45) is 0 Å². The van der Waals surface area contributed by atoms with Gasteiger partial charge >= 0.3 is 0 Å². The van der Waals surface area contributed by atoms with Crippen LogP contribution in [0.4, 0.5) is 0 Å². The second-order valence-electron chi connectivity index (χ2n) is 4.08. The lowest BCUT2D eigenvalue weighted by molar-refractivity contribution is -0.132. The highest BCUT2D eigenvalue weighted by Gasteiger charge is 2.20. The van der Waals surface area contributed by atoms with Crippen LogP contribution in [0.5, 0.6) is 0 Å². The molecule has 2 heterocycles. The van der Waals surface area contributed by atoms with Crippen LogP contribution in [0.3, 0.4) is 0 Å². The summed E-state index contributed by atoms with van der Waals surface area (Å²) in [5.41, 5.74) is 1.35. The Morgan fingerprint density at radius 3 is 3.19 bits per heavy atom. The molecule has 2 rings (SSSR count). The van der Waals surface area contributed by atoms with E-state index in [4.69, 9.17) is 0 Å². The Morgan fingerprint density at radius 1 is 1.50 bits per heavy atom. The quantitative estimate of drug-likeness (QED) is 0.618. The number of thiophene rings is 1. The molecule has 0 aromatic carbocycles. The molecule has 1 aromatic heterocycles. The molecule has 2 nitrogen and oxygen atoms in total. The summed E-state index contributed by atoms with van der Waals surface area (Å²) in [5.74, 6) is 0.317. The van der Waals surface area contributed by atoms with E-state index in [1.807, 2.05) is 16.2 Å². The van der Waals surface area contributed by atoms with Crippen LogP contribution >= 0.6 is 27.3 Å². The highest BCUT2D eigenvalue weighted by atomic mass is 79.9. The van der Waals surface area contributed by atoms with Gasteiger partial charge in [0.2, 0.25) is 5.91 Å². The first-order valence-electron chi connectivity index (χ1n) is 5.70. The van der Waals surface area contributed by atoms with Gasteiger partial charge in [-0.3, -0.25) is 4.79 Å². The first-order chi connectivity index (χ1) is 7.81. The molecule has 0 fully saturated rings. The molecule has 0 unspecified atom stereocenters. The third kappa shape index (κ3) is 2.86. The fourth-order valence-electron chi connectivity index (χ4n) is 1.99. The SMILES string of the molecule is O=C(CCCCBr)N1CCc2sccc2C1. The fourth-order valence-corrected chi connectivity index (χ4v) is 3.28. The minimum atomic E-state index is 0.317. The van der Waals surface area contributed by atoms with Crippen molar-refractivity contribution in [1.29, 1.82) is 0 Å². The highest BCUT2D eigenvalue weighted by molar-refractivity contribution is 9.09. The lowest BCUT2D eigenvalue weighted by Gasteiger charge is -2.27. The third-order valence-electron chi connectivity index (χ3n) is 2.93. The van der Waals surface area contributed by atoms with Crippen molar-refractivity contribution >= 4 is 33.2 Å². The number of carbonyl (C=O) groups is 1. The van der Waals surface area contributed by atoms with E-state index in [2.05, 4.69) is 27.4 Å². The van der Waals surface area contributed by atoms with Crippen LogP contribution in [0.2, 0.25) is 0 Å². The second-order valence-corrected chi connectivity index (χ2v) is 5.87. The molecular weight excluding hydrogens is 286 g/mol. The van der Waals surface area contributed by atoms with E-state index in [9.17, 15) is 4.79 Å². The number of nitrogens with zero attached hydrogens (tertiary/aromatic N) is 1. The Hall–Kier alpha value is -0.350. The first kappa shape index (κ1) is 12.1. The number of hydrogen-bond acceptors (Lipinski definition) is 2. The first-order valence-corrected chi connectivity index (χ1v) is 7.70. The zero-order valence-electron chi connectivity index (χ0n) is 9.25. The summed E-state index contributed by atoms with van der Waals surface area (Å²) >= 11 is 5.20. The summed E-state index contributed by atoms with van der Waals surface area (Å²) in [5, 5.41) is 3.12. The molecule has 0 atom stereocenters. The Kier molecular flexibility index (Phi) is 4.41. The van der Waals surface area contributed by atoms with Crippen LogP contribution < -0.4 is 0 Å². The Bertz CT molecular complexity index is 364. The molecule has 0 radical (unpaired) electrons. The molecular formula is C12H16BrNOS. The van der Waals surface area contributed by atoms with Gasteiger partial charge < -0.3 is 4.90 Å². The molecule has 0 saturated carbocycles. The van der Waals surface area contributed by atoms with Gasteiger partial charge in [0.1, 0.15) is 0 Å². The molecule has 0 spiro atoms. The van der Waals surface area contributed by atoms with E-state index in [0.717, 1.165) is 37.7 Å². The third-order valence-corrected chi connectivity index (χ3v) is 4.52. The van der Waals surface area contributed by atoms with E-state index >= 15 is 0 Å². The van der Waals surface area contributed by atoms with Gasteiger partial charge in [-0.15, -0.1) is 11.3 Å². The predicted molar refractivity (Wildman–Crippen MR) is 71.1 cm³/mol. The molecule has 0 saturated heterocycles. The summed E-state index contributed by atoms with van der Waals surface area (Å²) in [6.45, 7) is 1.73. The number of carbonyl (C=O) groups excluding carboxylic acids is 1. The molecule has 16 heavy (non-hydrogen) atoms. The van der Waals surface area contributed by atoms with Crippen LogP contribution in [-0.4, -0.2) is 22.7 Å². The van der Waals surface area contributed by atoms with Crippen LogP contribution in [-0.2, 0) is 17.8 Å². The van der Waals surface area contributed by atoms with Crippen LogP contribution in [0.1, 0.15) is 29.7 Å². The molecule has 88 valence electrons. The number of halogens is 1. The Morgan fingerprint density at radius 2 is 2.38 bits per heavy atom. The van der Waals surface area contributed by atoms with Crippen LogP contribution in [0.15, 0.2) is 11.4 Å². The zero-order valence-corrected chi connectivity index (χ0v) is 11.6. The molecule has 1 aliphatic heterocycles. The van der Waals surface area contributed by atoms with E-state index in [0.29, 0.717) is 12.3 Å². The largest absolute Gasteiger partial charge is 0.338 e. The van der Waals surface area contributed by atoms with E-state index in [1.165, 1.54) is 10.4 Å². The fraction of sp³-hybridized carbons (Fsp3) is 0.583. The number of rotatable bonds is 4. The molecule has 0 N–H and O–H groups in total. The van der Waals surface area contributed by atoms with Gasteiger partial charge in [-0.05, 0) is 36.3 Å². The molecule has 4 heteroatoms. The predicted octanol–water partition coefficient (Wildman–Crippen LogP) is 3.20.